The van der Waals surface area contributed by atoms with Gasteiger partial charge in [-0.25, -0.2) is 4.98 Å². The first-order valence-electron chi connectivity index (χ1n) is 7.84. The van der Waals surface area contributed by atoms with Crippen molar-refractivity contribution in [2.24, 2.45) is 5.92 Å². The molecule has 0 spiro atoms. The van der Waals surface area contributed by atoms with Crippen LogP contribution in [0.1, 0.15) is 44.4 Å². The minimum absolute atomic E-state index is 0.293. The molecule has 2 heterocycles. The number of ether oxygens (including phenoxy) is 1. The third-order valence-electron chi connectivity index (χ3n) is 4.15. The number of hydrogen-bond donors (Lipinski definition) is 1. The Morgan fingerprint density at radius 2 is 2.24 bits per heavy atom. The molecule has 0 radical (unpaired) electrons. The first-order chi connectivity index (χ1) is 10.2. The van der Waals surface area contributed by atoms with Crippen LogP contribution in [0.25, 0.3) is 10.2 Å². The molecule has 114 valence electrons. The fourth-order valence-corrected chi connectivity index (χ4v) is 3.92. The van der Waals surface area contributed by atoms with Gasteiger partial charge >= 0.3 is 0 Å². The maximum absolute atomic E-state index is 6.25. The molecule has 1 fully saturated rings. The topological polar surface area (TPSA) is 47.0 Å². The minimum atomic E-state index is 0.293. The van der Waals surface area contributed by atoms with Crippen LogP contribution in [0.2, 0.25) is 0 Å². The first-order valence-corrected chi connectivity index (χ1v) is 8.66. The van der Waals surface area contributed by atoms with Crippen LogP contribution >= 0.6 is 11.3 Å². The molecule has 2 atom stereocenters. The highest BCUT2D eigenvalue weighted by Gasteiger charge is 2.22. The Labute approximate surface area is 129 Å². The van der Waals surface area contributed by atoms with Gasteiger partial charge in [-0.15, -0.1) is 11.3 Å². The normalized spacial score (nSPS) is 22.4. The molecule has 1 N–H and O–H groups in total. The molecule has 0 aromatic carbocycles. The quantitative estimate of drug-likeness (QED) is 0.917. The predicted molar refractivity (Wildman–Crippen MR) is 88.4 cm³/mol. The Hall–Kier alpha value is -1.36. The summed E-state index contributed by atoms with van der Waals surface area (Å²) < 4.78 is 6.25. The van der Waals surface area contributed by atoms with Crippen molar-refractivity contribution < 1.29 is 4.74 Å². The number of thiophene rings is 1. The second-order valence-corrected chi connectivity index (χ2v) is 7.01. The summed E-state index contributed by atoms with van der Waals surface area (Å²) in [6.45, 7) is 4.48. The highest BCUT2D eigenvalue weighted by atomic mass is 32.1. The van der Waals surface area contributed by atoms with Crippen LogP contribution in [-0.4, -0.2) is 23.1 Å². The number of rotatable bonds is 4. The van der Waals surface area contributed by atoms with E-state index in [1.165, 1.54) is 17.7 Å². The summed E-state index contributed by atoms with van der Waals surface area (Å²) in [4.78, 5) is 11.4. The van der Waals surface area contributed by atoms with Crippen LogP contribution in [0.15, 0.2) is 6.07 Å². The van der Waals surface area contributed by atoms with Crippen LogP contribution < -0.4 is 10.1 Å². The number of nitrogens with one attached hydrogen (secondary N) is 1. The van der Waals surface area contributed by atoms with Gasteiger partial charge in [0.15, 0.2) is 0 Å². The average molecular weight is 305 g/mol. The Balaban J connectivity index is 1.93. The highest BCUT2D eigenvalue weighted by molar-refractivity contribution is 7.18. The number of aromatic nitrogens is 2. The van der Waals surface area contributed by atoms with Crippen molar-refractivity contribution in [1.29, 1.82) is 0 Å². The van der Waals surface area contributed by atoms with Crippen LogP contribution in [0, 0.1) is 5.92 Å². The van der Waals surface area contributed by atoms with E-state index < -0.39 is 0 Å². The third kappa shape index (κ3) is 3.12. The van der Waals surface area contributed by atoms with Crippen LogP contribution in [0.4, 0.5) is 5.95 Å². The molecule has 4 nitrogen and oxygen atoms in total. The second kappa shape index (κ2) is 6.18. The Morgan fingerprint density at radius 1 is 1.38 bits per heavy atom. The second-order valence-electron chi connectivity index (χ2n) is 5.90. The van der Waals surface area contributed by atoms with Gasteiger partial charge < -0.3 is 10.1 Å². The van der Waals surface area contributed by atoms with E-state index in [-0.39, 0.29) is 0 Å². The van der Waals surface area contributed by atoms with Gasteiger partial charge in [0.1, 0.15) is 10.9 Å². The molecule has 0 bridgehead atoms. The standard InChI is InChI=1S/C16H23N3OS/c1-4-12-9-13-14(18-16(17-3)19-15(13)21-12)20-11-7-5-6-10(2)8-11/h9-11H,4-8H2,1-3H3,(H,17,18,19). The number of nitrogens with zero attached hydrogens (tertiary/aromatic N) is 2. The van der Waals surface area contributed by atoms with Gasteiger partial charge in [0.2, 0.25) is 11.8 Å². The van der Waals surface area contributed by atoms with E-state index in [9.17, 15) is 0 Å². The van der Waals surface area contributed by atoms with Crippen molar-refractivity contribution in [3.63, 3.8) is 0 Å². The summed E-state index contributed by atoms with van der Waals surface area (Å²) in [5, 5.41) is 4.10. The maximum Gasteiger partial charge on any atom is 0.227 e. The Kier molecular flexibility index (Phi) is 4.29. The molecule has 2 aromatic rings. The molecular weight excluding hydrogens is 282 g/mol. The molecule has 0 saturated heterocycles. The molecule has 0 amide bonds. The molecule has 2 unspecified atom stereocenters. The highest BCUT2D eigenvalue weighted by Crippen LogP contribution is 2.34. The summed E-state index contributed by atoms with van der Waals surface area (Å²) >= 11 is 1.73. The van der Waals surface area contributed by atoms with E-state index in [1.807, 2.05) is 7.05 Å². The molecule has 1 saturated carbocycles. The molecule has 5 heteroatoms. The lowest BCUT2D eigenvalue weighted by Gasteiger charge is -2.27. The summed E-state index contributed by atoms with van der Waals surface area (Å²) in [6.07, 6.45) is 6.15. The monoisotopic (exact) mass is 305 g/mol. The summed E-state index contributed by atoms with van der Waals surface area (Å²) in [6, 6.07) is 2.18. The lowest BCUT2D eigenvalue weighted by molar-refractivity contribution is 0.126. The van der Waals surface area contributed by atoms with Gasteiger partial charge in [-0.1, -0.05) is 20.3 Å². The zero-order valence-corrected chi connectivity index (χ0v) is 13.8. The summed E-state index contributed by atoms with van der Waals surface area (Å²) in [5.41, 5.74) is 0. The van der Waals surface area contributed by atoms with Crippen molar-refractivity contribution in [2.45, 2.75) is 52.1 Å². The predicted octanol–water partition coefficient (Wildman–Crippen LogP) is 4.25. The van der Waals surface area contributed by atoms with Gasteiger partial charge in [-0.2, -0.15) is 4.98 Å². The van der Waals surface area contributed by atoms with Crippen molar-refractivity contribution in [3.8, 4) is 5.88 Å². The lowest BCUT2D eigenvalue weighted by Crippen LogP contribution is -2.24. The van der Waals surface area contributed by atoms with Crippen LogP contribution in [0.5, 0.6) is 5.88 Å². The molecule has 21 heavy (non-hydrogen) atoms. The smallest absolute Gasteiger partial charge is 0.227 e. The molecular formula is C16H23N3OS. The maximum atomic E-state index is 6.25. The van der Waals surface area contributed by atoms with Crippen molar-refractivity contribution in [2.75, 3.05) is 12.4 Å². The van der Waals surface area contributed by atoms with E-state index >= 15 is 0 Å². The van der Waals surface area contributed by atoms with Crippen molar-refractivity contribution in [3.05, 3.63) is 10.9 Å². The van der Waals surface area contributed by atoms with E-state index in [1.54, 1.807) is 11.3 Å². The van der Waals surface area contributed by atoms with E-state index in [0.717, 1.165) is 41.3 Å². The van der Waals surface area contributed by atoms with Crippen LogP contribution in [-0.2, 0) is 6.42 Å². The molecule has 2 aromatic heterocycles. The van der Waals surface area contributed by atoms with E-state index in [2.05, 4.69) is 35.2 Å². The van der Waals surface area contributed by atoms with Gasteiger partial charge in [0.25, 0.3) is 0 Å². The zero-order chi connectivity index (χ0) is 14.8. The molecule has 3 rings (SSSR count). The van der Waals surface area contributed by atoms with Gasteiger partial charge in [-0.3, -0.25) is 0 Å². The minimum Gasteiger partial charge on any atom is -0.474 e. The third-order valence-corrected chi connectivity index (χ3v) is 5.32. The van der Waals surface area contributed by atoms with Crippen LogP contribution in [0.3, 0.4) is 0 Å². The van der Waals surface area contributed by atoms with Gasteiger partial charge in [0.05, 0.1) is 5.39 Å². The summed E-state index contributed by atoms with van der Waals surface area (Å²) in [7, 11) is 1.85. The largest absolute Gasteiger partial charge is 0.474 e. The fourth-order valence-electron chi connectivity index (χ4n) is 2.96. The van der Waals surface area contributed by atoms with Crippen molar-refractivity contribution >= 4 is 27.5 Å². The van der Waals surface area contributed by atoms with Gasteiger partial charge in [-0.05, 0) is 37.7 Å². The Bertz CT molecular complexity index is 625. The number of hydrogen-bond acceptors (Lipinski definition) is 5. The number of fused-ring (bicyclic) bond motifs is 1. The van der Waals surface area contributed by atoms with Crippen molar-refractivity contribution in [1.82, 2.24) is 9.97 Å². The van der Waals surface area contributed by atoms with E-state index in [0.29, 0.717) is 12.1 Å². The molecule has 1 aliphatic carbocycles. The Morgan fingerprint density at radius 3 is 2.95 bits per heavy atom. The summed E-state index contributed by atoms with van der Waals surface area (Å²) in [5.74, 6) is 2.14. The van der Waals surface area contributed by atoms with Gasteiger partial charge in [0, 0.05) is 11.9 Å². The lowest BCUT2D eigenvalue weighted by atomic mass is 9.89. The number of aryl methyl sites for hydroxylation is 1. The average Bonchev–Trinajstić information content (AvgIpc) is 2.90. The SMILES string of the molecule is CCc1cc2c(OC3CCCC(C)C3)nc(NC)nc2s1. The fraction of sp³-hybridized carbons (Fsp3) is 0.625. The first kappa shape index (κ1) is 14.6. The molecule has 1 aliphatic rings. The zero-order valence-electron chi connectivity index (χ0n) is 13.0. The molecule has 0 aliphatic heterocycles. The number of anilines is 1. The van der Waals surface area contributed by atoms with E-state index in [4.69, 9.17) is 4.74 Å².